The second kappa shape index (κ2) is 16.1. The number of ether oxygens (including phenoxy) is 1. The second-order valence-electron chi connectivity index (χ2n) is 10.4. The number of para-hydroxylation sites is 1. The fraction of sp³-hybridized carbons (Fsp3) is 0.303. The number of carbonyl (C=O) groups is 3. The van der Waals surface area contributed by atoms with Crippen molar-refractivity contribution in [3.8, 4) is 5.75 Å². The number of hydrogen-bond acceptors (Lipinski definition) is 6. The lowest BCUT2D eigenvalue weighted by atomic mass is 9.94. The summed E-state index contributed by atoms with van der Waals surface area (Å²) in [4.78, 5) is 47.6. The molecule has 1 aromatic heterocycles. The van der Waals surface area contributed by atoms with Crippen molar-refractivity contribution in [1.82, 2.24) is 21.3 Å². The number of amides is 3. The van der Waals surface area contributed by atoms with Crippen molar-refractivity contribution in [2.75, 3.05) is 7.11 Å². The van der Waals surface area contributed by atoms with Gasteiger partial charge in [-0.3, -0.25) is 24.4 Å². The zero-order valence-corrected chi connectivity index (χ0v) is 24.2. The molecule has 1 heterocycles. The SMILES string of the molecule is COc1ccc(CCCC[C@@H](CC(=O)NO)C(=O)N[C@H](Cc2c[nH]c3ccccc23)C(=O)NOCc2ccccc2)cc1. The Morgan fingerprint density at radius 2 is 1.63 bits per heavy atom. The summed E-state index contributed by atoms with van der Waals surface area (Å²) in [6.07, 6.45) is 4.48. The highest BCUT2D eigenvalue weighted by Crippen LogP contribution is 2.21. The first kappa shape index (κ1) is 31.3. The maximum atomic E-state index is 13.5. The molecule has 10 heteroatoms. The molecule has 2 atom stereocenters. The fourth-order valence-electron chi connectivity index (χ4n) is 4.96. The maximum absolute atomic E-state index is 13.5. The molecule has 0 aliphatic rings. The molecule has 0 aliphatic carbocycles. The third kappa shape index (κ3) is 9.42. The monoisotopic (exact) mass is 586 g/mol. The molecule has 43 heavy (non-hydrogen) atoms. The van der Waals surface area contributed by atoms with Crippen molar-refractivity contribution >= 4 is 28.6 Å². The zero-order chi connectivity index (χ0) is 30.4. The third-order valence-corrected chi connectivity index (χ3v) is 7.34. The summed E-state index contributed by atoms with van der Waals surface area (Å²) in [5, 5.41) is 12.9. The summed E-state index contributed by atoms with van der Waals surface area (Å²) < 4.78 is 5.20. The van der Waals surface area contributed by atoms with Crippen molar-refractivity contribution in [1.29, 1.82) is 0 Å². The smallest absolute Gasteiger partial charge is 0.266 e. The maximum Gasteiger partial charge on any atom is 0.266 e. The lowest BCUT2D eigenvalue weighted by Crippen LogP contribution is -2.50. The lowest BCUT2D eigenvalue weighted by Gasteiger charge is -2.22. The summed E-state index contributed by atoms with van der Waals surface area (Å²) in [5.41, 5.74) is 7.88. The van der Waals surface area contributed by atoms with Gasteiger partial charge in [-0.05, 0) is 54.2 Å². The van der Waals surface area contributed by atoms with Gasteiger partial charge in [-0.15, -0.1) is 0 Å². The van der Waals surface area contributed by atoms with E-state index in [-0.39, 0.29) is 19.4 Å². The van der Waals surface area contributed by atoms with Gasteiger partial charge in [-0.25, -0.2) is 11.0 Å². The van der Waals surface area contributed by atoms with E-state index in [2.05, 4.69) is 15.8 Å². The Balaban J connectivity index is 1.42. The third-order valence-electron chi connectivity index (χ3n) is 7.34. The molecule has 0 saturated heterocycles. The molecule has 0 unspecified atom stereocenters. The number of methoxy groups -OCH3 is 1. The van der Waals surface area contributed by atoms with Crippen molar-refractivity contribution in [3.05, 3.63) is 102 Å². The lowest BCUT2D eigenvalue weighted by molar-refractivity contribution is -0.140. The first-order chi connectivity index (χ1) is 21.0. The Labute approximate surface area is 250 Å². The van der Waals surface area contributed by atoms with Gasteiger partial charge in [0.1, 0.15) is 11.8 Å². The molecule has 226 valence electrons. The predicted molar refractivity (Wildman–Crippen MR) is 162 cm³/mol. The van der Waals surface area contributed by atoms with Crippen LogP contribution in [0.3, 0.4) is 0 Å². The molecular weight excluding hydrogens is 548 g/mol. The molecule has 4 aromatic rings. The standard InChI is InChI=1S/C33H38N4O6/c1-42-27-17-15-23(16-18-27)9-5-6-12-25(20-31(38)36-41)32(39)35-30(19-26-21-34-29-14-8-7-13-28(26)29)33(40)37-43-22-24-10-3-2-4-11-24/h2-4,7-8,10-11,13-18,21,25,30,34,41H,5-6,9,12,19-20,22H2,1H3,(H,35,39)(H,36,38)(H,37,40)/t25-,30+/m0/s1. The van der Waals surface area contributed by atoms with E-state index in [4.69, 9.17) is 14.8 Å². The predicted octanol–water partition coefficient (Wildman–Crippen LogP) is 4.38. The van der Waals surface area contributed by atoms with Crippen molar-refractivity contribution in [3.63, 3.8) is 0 Å². The van der Waals surface area contributed by atoms with Crippen LogP contribution in [0.4, 0.5) is 0 Å². The van der Waals surface area contributed by atoms with Gasteiger partial charge < -0.3 is 15.0 Å². The summed E-state index contributed by atoms with van der Waals surface area (Å²) in [6, 6.07) is 23.9. The molecule has 0 fully saturated rings. The first-order valence-corrected chi connectivity index (χ1v) is 14.3. The van der Waals surface area contributed by atoms with Gasteiger partial charge in [-0.2, -0.15) is 0 Å². The van der Waals surface area contributed by atoms with Crippen LogP contribution in [-0.4, -0.2) is 41.1 Å². The van der Waals surface area contributed by atoms with Gasteiger partial charge in [0.05, 0.1) is 13.7 Å². The average Bonchev–Trinajstić information content (AvgIpc) is 3.45. The zero-order valence-electron chi connectivity index (χ0n) is 24.2. The first-order valence-electron chi connectivity index (χ1n) is 14.3. The van der Waals surface area contributed by atoms with Crippen LogP contribution in [0.1, 0.15) is 42.4 Å². The number of aromatic amines is 1. The van der Waals surface area contributed by atoms with E-state index in [0.29, 0.717) is 12.8 Å². The average molecular weight is 587 g/mol. The normalized spacial score (nSPS) is 12.3. The number of rotatable bonds is 16. The number of unbranched alkanes of at least 4 members (excludes halogenated alkanes) is 1. The van der Waals surface area contributed by atoms with Crippen LogP contribution in [0.25, 0.3) is 10.9 Å². The summed E-state index contributed by atoms with van der Waals surface area (Å²) in [6.45, 7) is 0.161. The van der Waals surface area contributed by atoms with Crippen LogP contribution in [0.5, 0.6) is 5.75 Å². The molecule has 0 spiro atoms. The van der Waals surface area contributed by atoms with Gasteiger partial charge >= 0.3 is 0 Å². The number of nitrogens with one attached hydrogen (secondary N) is 4. The van der Waals surface area contributed by atoms with E-state index in [1.54, 1.807) is 12.6 Å². The van der Waals surface area contributed by atoms with Crippen LogP contribution in [0.2, 0.25) is 0 Å². The van der Waals surface area contributed by atoms with E-state index in [9.17, 15) is 14.4 Å². The van der Waals surface area contributed by atoms with Gasteiger partial charge in [-0.1, -0.05) is 67.1 Å². The number of carbonyl (C=O) groups excluding carboxylic acids is 3. The number of benzene rings is 3. The van der Waals surface area contributed by atoms with Crippen LogP contribution >= 0.6 is 0 Å². The molecule has 3 aromatic carbocycles. The summed E-state index contributed by atoms with van der Waals surface area (Å²) >= 11 is 0. The van der Waals surface area contributed by atoms with Crippen molar-refractivity contribution in [2.24, 2.45) is 5.92 Å². The summed E-state index contributed by atoms with van der Waals surface area (Å²) in [5.74, 6) is -1.59. The van der Waals surface area contributed by atoms with Gasteiger partial charge in [0.25, 0.3) is 5.91 Å². The molecule has 10 nitrogen and oxygen atoms in total. The number of fused-ring (bicyclic) bond motifs is 1. The van der Waals surface area contributed by atoms with E-state index < -0.39 is 29.7 Å². The fourth-order valence-corrected chi connectivity index (χ4v) is 4.96. The molecule has 0 radical (unpaired) electrons. The minimum absolute atomic E-state index is 0.161. The van der Waals surface area contributed by atoms with Crippen LogP contribution in [0, 0.1) is 5.92 Å². The van der Waals surface area contributed by atoms with Crippen LogP contribution in [-0.2, 0) is 38.7 Å². The number of H-pyrrole nitrogens is 1. The van der Waals surface area contributed by atoms with E-state index >= 15 is 0 Å². The van der Waals surface area contributed by atoms with Gasteiger partial charge in [0.15, 0.2) is 0 Å². The number of hydrogen-bond donors (Lipinski definition) is 5. The second-order valence-corrected chi connectivity index (χ2v) is 10.4. The quantitative estimate of drug-likeness (QED) is 0.0750. The van der Waals surface area contributed by atoms with E-state index in [1.807, 2.05) is 85.1 Å². The molecule has 0 bridgehead atoms. The highest BCUT2D eigenvalue weighted by molar-refractivity contribution is 5.91. The Morgan fingerprint density at radius 1 is 0.884 bits per heavy atom. The molecule has 3 amide bonds. The molecule has 0 saturated carbocycles. The Bertz CT molecular complexity index is 1470. The largest absolute Gasteiger partial charge is 0.497 e. The van der Waals surface area contributed by atoms with Gasteiger partial charge in [0.2, 0.25) is 11.8 Å². The van der Waals surface area contributed by atoms with Crippen molar-refractivity contribution < 1.29 is 29.2 Å². The molecular formula is C33H38N4O6. The number of hydroxylamine groups is 2. The van der Waals surface area contributed by atoms with Gasteiger partial charge in [0, 0.05) is 35.9 Å². The number of aryl methyl sites for hydroxylation is 1. The Hall–Kier alpha value is -4.67. The van der Waals surface area contributed by atoms with Crippen molar-refractivity contribution in [2.45, 2.75) is 51.2 Å². The Morgan fingerprint density at radius 3 is 2.37 bits per heavy atom. The molecule has 5 N–H and O–H groups in total. The highest BCUT2D eigenvalue weighted by atomic mass is 16.6. The van der Waals surface area contributed by atoms with Crippen LogP contribution in [0.15, 0.2) is 85.1 Å². The van der Waals surface area contributed by atoms with E-state index in [0.717, 1.165) is 46.2 Å². The minimum Gasteiger partial charge on any atom is -0.497 e. The number of aromatic nitrogens is 1. The topological polar surface area (TPSA) is 142 Å². The Kier molecular flexibility index (Phi) is 11.7. The van der Waals surface area contributed by atoms with Crippen LogP contribution < -0.4 is 21.0 Å². The molecule has 4 rings (SSSR count). The highest BCUT2D eigenvalue weighted by Gasteiger charge is 2.28. The molecule has 0 aliphatic heterocycles. The minimum atomic E-state index is -0.971. The van der Waals surface area contributed by atoms with E-state index in [1.165, 1.54) is 0 Å². The summed E-state index contributed by atoms with van der Waals surface area (Å²) in [7, 11) is 1.62.